The van der Waals surface area contributed by atoms with Crippen LogP contribution in [0.15, 0.2) is 83.9 Å². The summed E-state index contributed by atoms with van der Waals surface area (Å²) in [6, 6.07) is 24.1. The summed E-state index contributed by atoms with van der Waals surface area (Å²) in [5.74, 6) is -1.58. The first-order valence-electron chi connectivity index (χ1n) is 13.3. The van der Waals surface area contributed by atoms with Crippen molar-refractivity contribution < 1.29 is 23.9 Å². The predicted molar refractivity (Wildman–Crippen MR) is 154 cm³/mol. The van der Waals surface area contributed by atoms with Crippen LogP contribution in [0.2, 0.25) is 0 Å². The van der Waals surface area contributed by atoms with E-state index in [1.807, 2.05) is 66.7 Å². The standard InChI is InChI=1S/C31H27N5O5/c1-41-26(38)15-14-25(37)35-16-17-36-28-21(11-7-13-24(28)35)27(19-8-3-2-4-9-19)33-29(31(36)40)34-30(39)23-18-20-10-5-6-12-22(20)32-23/h2-13,18,29,32H,14-17H2,1H3,(H,34,39). The number of fused-ring (bicyclic) bond motifs is 1. The molecule has 41 heavy (non-hydrogen) atoms. The minimum Gasteiger partial charge on any atom is -0.469 e. The molecule has 1 aromatic heterocycles. The normalized spacial score (nSPS) is 16.1. The van der Waals surface area contributed by atoms with Gasteiger partial charge in [-0.15, -0.1) is 0 Å². The van der Waals surface area contributed by atoms with Gasteiger partial charge in [-0.3, -0.25) is 19.2 Å². The lowest BCUT2D eigenvalue weighted by molar-refractivity contribution is -0.141. The zero-order valence-electron chi connectivity index (χ0n) is 22.3. The number of para-hydroxylation sites is 2. The molecule has 0 fully saturated rings. The van der Waals surface area contributed by atoms with Crippen LogP contribution < -0.4 is 15.1 Å². The van der Waals surface area contributed by atoms with Crippen LogP contribution in [0.3, 0.4) is 0 Å². The average molecular weight is 550 g/mol. The van der Waals surface area contributed by atoms with Crippen LogP contribution in [0, 0.1) is 0 Å². The monoisotopic (exact) mass is 549 g/mol. The van der Waals surface area contributed by atoms with E-state index in [1.165, 1.54) is 7.11 Å². The second-order valence-corrected chi connectivity index (χ2v) is 9.77. The molecule has 0 spiro atoms. The van der Waals surface area contributed by atoms with Crippen molar-refractivity contribution in [2.24, 2.45) is 4.99 Å². The zero-order chi connectivity index (χ0) is 28.5. The molecule has 0 saturated carbocycles. The smallest absolute Gasteiger partial charge is 0.306 e. The lowest BCUT2D eigenvalue weighted by atomic mass is 9.97. The Morgan fingerprint density at radius 2 is 1.76 bits per heavy atom. The van der Waals surface area contributed by atoms with E-state index in [0.717, 1.165) is 16.5 Å². The first kappa shape index (κ1) is 26.0. The molecule has 6 rings (SSSR count). The number of aromatic amines is 1. The Hall–Kier alpha value is -5.25. The van der Waals surface area contributed by atoms with E-state index in [1.54, 1.807) is 21.9 Å². The molecular formula is C31H27N5O5. The van der Waals surface area contributed by atoms with Crippen molar-refractivity contribution in [1.82, 2.24) is 10.3 Å². The molecular weight excluding hydrogens is 522 g/mol. The lowest BCUT2D eigenvalue weighted by Gasteiger charge is -2.37. The lowest BCUT2D eigenvalue weighted by Crippen LogP contribution is -2.52. The summed E-state index contributed by atoms with van der Waals surface area (Å²) >= 11 is 0. The average Bonchev–Trinajstić information content (AvgIpc) is 3.41. The molecule has 1 atom stereocenters. The molecule has 3 heterocycles. The third-order valence-electron chi connectivity index (χ3n) is 7.30. The van der Waals surface area contributed by atoms with Gasteiger partial charge in [0.1, 0.15) is 5.69 Å². The van der Waals surface area contributed by atoms with Crippen molar-refractivity contribution in [2.75, 3.05) is 30.0 Å². The number of aliphatic imine (C=N–C) groups is 1. The van der Waals surface area contributed by atoms with Gasteiger partial charge in [0.05, 0.1) is 30.6 Å². The van der Waals surface area contributed by atoms with Crippen LogP contribution in [0.5, 0.6) is 0 Å². The van der Waals surface area contributed by atoms with Gasteiger partial charge in [-0.2, -0.15) is 0 Å². The summed E-state index contributed by atoms with van der Waals surface area (Å²) < 4.78 is 4.69. The molecule has 1 unspecified atom stereocenters. The fraction of sp³-hybridized carbons (Fsp3) is 0.194. The maximum Gasteiger partial charge on any atom is 0.306 e. The first-order chi connectivity index (χ1) is 19.9. The molecule has 4 aromatic rings. The van der Waals surface area contributed by atoms with Gasteiger partial charge in [0.25, 0.3) is 11.8 Å². The number of nitrogens with one attached hydrogen (secondary N) is 2. The van der Waals surface area contributed by atoms with Crippen molar-refractivity contribution in [1.29, 1.82) is 0 Å². The second kappa shape index (κ2) is 10.7. The Morgan fingerprint density at radius 3 is 2.54 bits per heavy atom. The highest BCUT2D eigenvalue weighted by Crippen LogP contribution is 2.40. The number of carbonyl (C=O) groups is 4. The molecule has 10 nitrogen and oxygen atoms in total. The number of carbonyl (C=O) groups excluding carboxylic acids is 4. The number of aromatic nitrogens is 1. The molecule has 3 aromatic carbocycles. The molecule has 2 aliphatic rings. The van der Waals surface area contributed by atoms with E-state index in [9.17, 15) is 19.2 Å². The number of hydrogen-bond donors (Lipinski definition) is 2. The highest BCUT2D eigenvalue weighted by Gasteiger charge is 2.39. The van der Waals surface area contributed by atoms with Gasteiger partial charge < -0.3 is 24.8 Å². The number of amides is 3. The Labute approximate surface area is 235 Å². The van der Waals surface area contributed by atoms with Crippen LogP contribution >= 0.6 is 0 Å². The number of rotatable bonds is 6. The molecule has 206 valence electrons. The fourth-order valence-electron chi connectivity index (χ4n) is 5.30. The molecule has 10 heteroatoms. The predicted octanol–water partition coefficient (Wildman–Crippen LogP) is 3.41. The van der Waals surface area contributed by atoms with Crippen LogP contribution in [0.1, 0.15) is 34.5 Å². The summed E-state index contributed by atoms with van der Waals surface area (Å²) in [5.41, 5.74) is 4.15. The summed E-state index contributed by atoms with van der Waals surface area (Å²) in [6.07, 6.45) is -1.26. The number of anilines is 2. The van der Waals surface area contributed by atoms with Gasteiger partial charge in [-0.1, -0.05) is 60.7 Å². The topological polar surface area (TPSA) is 124 Å². The summed E-state index contributed by atoms with van der Waals surface area (Å²) in [6.45, 7) is 0.425. The van der Waals surface area contributed by atoms with Gasteiger partial charge in [0.15, 0.2) is 0 Å². The van der Waals surface area contributed by atoms with Crippen molar-refractivity contribution >= 4 is 51.7 Å². The Morgan fingerprint density at radius 1 is 0.976 bits per heavy atom. The number of nitrogens with zero attached hydrogens (tertiary/aromatic N) is 3. The van der Waals surface area contributed by atoms with Crippen molar-refractivity contribution in [3.8, 4) is 0 Å². The summed E-state index contributed by atoms with van der Waals surface area (Å²) in [7, 11) is 1.28. The first-order valence-corrected chi connectivity index (χ1v) is 13.3. The Bertz CT molecular complexity index is 1680. The van der Waals surface area contributed by atoms with E-state index in [-0.39, 0.29) is 31.8 Å². The number of esters is 1. The Kier molecular flexibility index (Phi) is 6.80. The highest BCUT2D eigenvalue weighted by atomic mass is 16.5. The molecule has 0 radical (unpaired) electrons. The molecule has 2 N–H and O–H groups in total. The number of methoxy groups -OCH3 is 1. The van der Waals surface area contributed by atoms with Gasteiger partial charge >= 0.3 is 5.97 Å². The summed E-state index contributed by atoms with van der Waals surface area (Å²) in [4.78, 5) is 63.3. The van der Waals surface area contributed by atoms with Crippen LogP contribution in [-0.4, -0.2) is 60.8 Å². The maximum absolute atomic E-state index is 14.0. The molecule has 0 saturated heterocycles. The SMILES string of the molecule is COC(=O)CCC(=O)N1CCN2C(=O)C(NC(=O)c3cc4ccccc4[nH]3)N=C(c3ccccc3)c3cccc1c32. The molecule has 0 bridgehead atoms. The molecule has 2 aliphatic heterocycles. The van der Waals surface area contributed by atoms with Gasteiger partial charge in [-0.05, 0) is 18.2 Å². The van der Waals surface area contributed by atoms with Gasteiger partial charge in [0, 0.05) is 41.5 Å². The maximum atomic E-state index is 14.0. The minimum absolute atomic E-state index is 0.0207. The van der Waals surface area contributed by atoms with Crippen LogP contribution in [0.4, 0.5) is 11.4 Å². The second-order valence-electron chi connectivity index (χ2n) is 9.77. The highest BCUT2D eigenvalue weighted by molar-refractivity contribution is 6.23. The minimum atomic E-state index is -1.20. The number of ether oxygens (including phenoxy) is 1. The quantitative estimate of drug-likeness (QED) is 0.357. The summed E-state index contributed by atoms with van der Waals surface area (Å²) in [5, 5.41) is 3.70. The number of H-pyrrole nitrogens is 1. The van der Waals surface area contributed by atoms with Crippen molar-refractivity contribution in [3.05, 3.63) is 95.7 Å². The third kappa shape index (κ3) is 4.84. The van der Waals surface area contributed by atoms with Crippen molar-refractivity contribution in [3.63, 3.8) is 0 Å². The zero-order valence-corrected chi connectivity index (χ0v) is 22.3. The van der Waals surface area contributed by atoms with Gasteiger partial charge in [-0.25, -0.2) is 4.99 Å². The molecule has 3 amide bonds. The largest absolute Gasteiger partial charge is 0.469 e. The van der Waals surface area contributed by atoms with E-state index in [0.29, 0.717) is 28.3 Å². The number of benzene rings is 3. The van der Waals surface area contributed by atoms with E-state index in [4.69, 9.17) is 9.73 Å². The fourth-order valence-corrected chi connectivity index (χ4v) is 5.30. The third-order valence-corrected chi connectivity index (χ3v) is 7.30. The number of hydrogen-bond acceptors (Lipinski definition) is 6. The van der Waals surface area contributed by atoms with E-state index < -0.39 is 23.9 Å². The molecule has 0 aliphatic carbocycles. The van der Waals surface area contributed by atoms with Crippen molar-refractivity contribution in [2.45, 2.75) is 19.0 Å². The van der Waals surface area contributed by atoms with Crippen LogP contribution in [-0.2, 0) is 19.1 Å². The van der Waals surface area contributed by atoms with Gasteiger partial charge in [0.2, 0.25) is 12.1 Å². The van der Waals surface area contributed by atoms with E-state index >= 15 is 0 Å². The van der Waals surface area contributed by atoms with Crippen LogP contribution in [0.25, 0.3) is 10.9 Å². The van der Waals surface area contributed by atoms with E-state index in [2.05, 4.69) is 10.3 Å². The Balaban J connectivity index is 1.39.